The van der Waals surface area contributed by atoms with E-state index in [0.29, 0.717) is 0 Å². The molecule has 0 fully saturated rings. The molecule has 0 spiro atoms. The Kier molecular flexibility index (Phi) is 3.07. The van der Waals surface area contributed by atoms with Crippen LogP contribution in [0, 0.1) is 6.92 Å². The third-order valence-corrected chi connectivity index (χ3v) is 2.92. The fraction of sp³-hybridized carbons (Fsp3) is 0.385. The van der Waals surface area contributed by atoms with Gasteiger partial charge in [0.2, 0.25) is 0 Å². The Morgan fingerprint density at radius 3 is 2.80 bits per heavy atom. The monoisotopic (exact) mass is 202 g/mol. The van der Waals surface area contributed by atoms with Crippen molar-refractivity contribution >= 4 is 10.9 Å². The van der Waals surface area contributed by atoms with Crippen LogP contribution in [0.3, 0.4) is 0 Å². The van der Waals surface area contributed by atoms with E-state index < -0.39 is 0 Å². The zero-order chi connectivity index (χ0) is 10.7. The third-order valence-electron chi connectivity index (χ3n) is 2.92. The molecule has 0 aliphatic heterocycles. The Morgan fingerprint density at radius 2 is 2.07 bits per heavy atom. The lowest BCUT2D eigenvalue weighted by atomic mass is 10.1. The quantitative estimate of drug-likeness (QED) is 0.733. The number of rotatable bonds is 4. The van der Waals surface area contributed by atoms with Gasteiger partial charge in [0.05, 0.1) is 0 Å². The highest BCUT2D eigenvalue weighted by Crippen LogP contribution is 2.21. The lowest BCUT2D eigenvalue weighted by Gasteiger charge is -1.99. The highest BCUT2D eigenvalue weighted by Gasteiger charge is 2.05. The highest BCUT2D eigenvalue weighted by atomic mass is 14.8. The fourth-order valence-electron chi connectivity index (χ4n) is 2.03. The van der Waals surface area contributed by atoms with Crippen molar-refractivity contribution in [1.29, 1.82) is 0 Å². The molecule has 0 radical (unpaired) electrons. The maximum absolute atomic E-state index is 3.49. The van der Waals surface area contributed by atoms with Gasteiger partial charge in [-0.25, -0.2) is 0 Å². The smallest absolute Gasteiger partial charge is 0.0458 e. The normalized spacial score (nSPS) is 11.1. The molecule has 0 atom stereocenters. The third kappa shape index (κ3) is 2.05. The van der Waals surface area contributed by atoms with Crippen LogP contribution in [0.4, 0.5) is 0 Å². The number of H-pyrrole nitrogens is 1. The van der Waals surface area contributed by atoms with Gasteiger partial charge in [0.15, 0.2) is 0 Å². The van der Waals surface area contributed by atoms with Crippen molar-refractivity contribution in [3.8, 4) is 0 Å². The molecular formula is C13H18N2. The van der Waals surface area contributed by atoms with Gasteiger partial charge in [-0.1, -0.05) is 18.2 Å². The van der Waals surface area contributed by atoms with Gasteiger partial charge in [0.25, 0.3) is 0 Å². The molecule has 1 heterocycles. The number of aryl methyl sites for hydroxylation is 2. The van der Waals surface area contributed by atoms with E-state index in [1.165, 1.54) is 28.6 Å². The molecule has 0 bridgehead atoms. The minimum atomic E-state index is 1.08. The van der Waals surface area contributed by atoms with Crippen LogP contribution in [0.2, 0.25) is 0 Å². The molecule has 2 rings (SSSR count). The van der Waals surface area contributed by atoms with Crippen LogP contribution in [0.15, 0.2) is 24.3 Å². The summed E-state index contributed by atoms with van der Waals surface area (Å²) >= 11 is 0. The lowest BCUT2D eigenvalue weighted by Crippen LogP contribution is -2.08. The number of para-hydroxylation sites is 1. The van der Waals surface area contributed by atoms with E-state index in [1.807, 2.05) is 7.05 Å². The van der Waals surface area contributed by atoms with E-state index in [1.54, 1.807) is 0 Å². The van der Waals surface area contributed by atoms with Gasteiger partial charge in [-0.2, -0.15) is 0 Å². The Morgan fingerprint density at radius 1 is 1.27 bits per heavy atom. The molecule has 80 valence electrons. The van der Waals surface area contributed by atoms with Crippen molar-refractivity contribution in [3.05, 3.63) is 35.5 Å². The second kappa shape index (κ2) is 4.49. The van der Waals surface area contributed by atoms with Crippen LogP contribution >= 0.6 is 0 Å². The number of hydrogen-bond acceptors (Lipinski definition) is 1. The van der Waals surface area contributed by atoms with Crippen LogP contribution < -0.4 is 5.32 Å². The van der Waals surface area contributed by atoms with E-state index in [-0.39, 0.29) is 0 Å². The van der Waals surface area contributed by atoms with Crippen molar-refractivity contribution in [2.45, 2.75) is 19.8 Å². The lowest BCUT2D eigenvalue weighted by molar-refractivity contribution is 0.716. The largest absolute Gasteiger partial charge is 0.358 e. The predicted molar refractivity (Wildman–Crippen MR) is 65.3 cm³/mol. The fourth-order valence-corrected chi connectivity index (χ4v) is 2.03. The van der Waals surface area contributed by atoms with Gasteiger partial charge in [-0.3, -0.25) is 0 Å². The minimum absolute atomic E-state index is 1.08. The van der Waals surface area contributed by atoms with Gasteiger partial charge in [-0.15, -0.1) is 0 Å². The first-order chi connectivity index (χ1) is 7.33. The maximum atomic E-state index is 3.49. The van der Waals surface area contributed by atoms with Crippen LogP contribution in [0.25, 0.3) is 10.9 Å². The summed E-state index contributed by atoms with van der Waals surface area (Å²) in [5.41, 5.74) is 4.04. The first-order valence-electron chi connectivity index (χ1n) is 5.53. The summed E-state index contributed by atoms with van der Waals surface area (Å²) < 4.78 is 0. The number of aromatic nitrogens is 1. The zero-order valence-electron chi connectivity index (χ0n) is 9.43. The van der Waals surface area contributed by atoms with E-state index in [2.05, 4.69) is 41.5 Å². The van der Waals surface area contributed by atoms with E-state index >= 15 is 0 Å². The summed E-state index contributed by atoms with van der Waals surface area (Å²) in [4.78, 5) is 3.49. The molecule has 0 saturated heterocycles. The number of aromatic amines is 1. The van der Waals surface area contributed by atoms with Crippen molar-refractivity contribution in [1.82, 2.24) is 10.3 Å². The van der Waals surface area contributed by atoms with Gasteiger partial charge in [0, 0.05) is 16.6 Å². The average molecular weight is 202 g/mol. The molecule has 0 saturated carbocycles. The Balaban J connectivity index is 2.24. The van der Waals surface area contributed by atoms with Crippen LogP contribution in [0.5, 0.6) is 0 Å². The van der Waals surface area contributed by atoms with Crippen LogP contribution in [-0.4, -0.2) is 18.6 Å². The number of benzene rings is 1. The summed E-state index contributed by atoms with van der Waals surface area (Å²) in [6, 6.07) is 8.50. The van der Waals surface area contributed by atoms with Gasteiger partial charge < -0.3 is 10.3 Å². The molecule has 2 N–H and O–H groups in total. The van der Waals surface area contributed by atoms with Crippen LogP contribution in [0.1, 0.15) is 17.7 Å². The van der Waals surface area contributed by atoms with E-state index in [0.717, 1.165) is 13.0 Å². The molecule has 0 aliphatic rings. The van der Waals surface area contributed by atoms with Gasteiger partial charge >= 0.3 is 0 Å². The number of nitrogens with one attached hydrogen (secondary N) is 2. The molecule has 2 aromatic rings. The van der Waals surface area contributed by atoms with E-state index in [4.69, 9.17) is 0 Å². The first-order valence-corrected chi connectivity index (χ1v) is 5.53. The van der Waals surface area contributed by atoms with Crippen molar-refractivity contribution in [3.63, 3.8) is 0 Å². The van der Waals surface area contributed by atoms with Crippen molar-refractivity contribution in [2.75, 3.05) is 13.6 Å². The van der Waals surface area contributed by atoms with E-state index in [9.17, 15) is 0 Å². The minimum Gasteiger partial charge on any atom is -0.358 e. The number of hydrogen-bond donors (Lipinski definition) is 2. The Bertz CT molecular complexity index is 443. The zero-order valence-corrected chi connectivity index (χ0v) is 9.43. The Hall–Kier alpha value is -1.28. The summed E-state index contributed by atoms with van der Waals surface area (Å²) in [6.07, 6.45) is 2.31. The van der Waals surface area contributed by atoms with Crippen LogP contribution in [-0.2, 0) is 6.42 Å². The molecule has 15 heavy (non-hydrogen) atoms. The standard InChI is InChI=1S/C13H18N2/c1-10-11-6-3-4-7-13(11)15-12(10)8-5-9-14-2/h3-4,6-7,14-15H,5,8-9H2,1-2H3. The summed E-state index contributed by atoms with van der Waals surface area (Å²) in [5, 5.41) is 4.54. The van der Waals surface area contributed by atoms with Gasteiger partial charge in [-0.05, 0) is 45.0 Å². The van der Waals surface area contributed by atoms with Gasteiger partial charge in [0.1, 0.15) is 0 Å². The predicted octanol–water partition coefficient (Wildman–Crippen LogP) is 2.63. The topological polar surface area (TPSA) is 27.8 Å². The molecule has 1 aromatic carbocycles. The highest BCUT2D eigenvalue weighted by molar-refractivity contribution is 5.84. The second-order valence-corrected chi connectivity index (χ2v) is 3.98. The van der Waals surface area contributed by atoms with Crippen molar-refractivity contribution in [2.24, 2.45) is 0 Å². The van der Waals surface area contributed by atoms with Crippen molar-refractivity contribution < 1.29 is 0 Å². The SMILES string of the molecule is CNCCCc1[nH]c2ccccc2c1C. The summed E-state index contributed by atoms with van der Waals surface area (Å²) in [5.74, 6) is 0. The molecule has 2 nitrogen and oxygen atoms in total. The Labute approximate surface area is 90.7 Å². The first kappa shape index (κ1) is 10.2. The second-order valence-electron chi connectivity index (χ2n) is 3.98. The molecule has 1 aromatic heterocycles. The number of fused-ring (bicyclic) bond motifs is 1. The molecular weight excluding hydrogens is 184 g/mol. The molecule has 0 unspecified atom stereocenters. The molecule has 0 amide bonds. The average Bonchev–Trinajstić information content (AvgIpc) is 2.57. The summed E-state index contributed by atoms with van der Waals surface area (Å²) in [7, 11) is 2.00. The molecule has 2 heteroatoms. The maximum Gasteiger partial charge on any atom is 0.0458 e. The molecule has 0 aliphatic carbocycles. The summed E-state index contributed by atoms with van der Waals surface area (Å²) in [6.45, 7) is 3.28.